The van der Waals surface area contributed by atoms with Crippen molar-refractivity contribution in [1.29, 1.82) is 0 Å². The quantitative estimate of drug-likeness (QED) is 0.482. The van der Waals surface area contributed by atoms with Crippen molar-refractivity contribution in [3.05, 3.63) is 47.8 Å². The summed E-state index contributed by atoms with van der Waals surface area (Å²) in [5.41, 5.74) is -0.460. The highest BCUT2D eigenvalue weighted by Gasteiger charge is 3.10. The van der Waals surface area contributed by atoms with Crippen LogP contribution in [0, 0.1) is 46.8 Å². The summed E-state index contributed by atoms with van der Waals surface area (Å²) in [7, 11) is 3.27. The van der Waals surface area contributed by atoms with E-state index in [0.29, 0.717) is 58.7 Å². The molecule has 1 aliphatic heterocycles. The Morgan fingerprint density at radius 2 is 1.78 bits per heavy atom. The molecule has 2 aromatic rings. The van der Waals surface area contributed by atoms with E-state index in [4.69, 9.17) is 9.47 Å². The summed E-state index contributed by atoms with van der Waals surface area (Å²) in [5.74, 6) is 6.17. The molecule has 1 atom stereocenters. The first-order valence-electron chi connectivity index (χ1n) is 14.7. The Kier molecular flexibility index (Phi) is 3.94. The number of halogens is 3. The number of aromatic nitrogens is 4. The maximum atomic E-state index is 13.6. The van der Waals surface area contributed by atoms with Gasteiger partial charge in [0.15, 0.2) is 17.1 Å². The van der Waals surface area contributed by atoms with Gasteiger partial charge >= 0.3 is 6.18 Å². The van der Waals surface area contributed by atoms with Crippen molar-refractivity contribution in [3.63, 3.8) is 0 Å². The van der Waals surface area contributed by atoms with E-state index in [0.717, 1.165) is 43.8 Å². The molecule has 11 rings (SSSR count). The van der Waals surface area contributed by atoms with E-state index in [1.54, 1.807) is 26.6 Å². The summed E-state index contributed by atoms with van der Waals surface area (Å²) in [6.45, 7) is 0.858. The standard InChI is InChI=1S/C29H30F3N7O2/c1-40-16-8-34-23(14-7-33-11-35-24(14)41-2)38-28(16,12-3-4-12)36-10-26-17-20-18(26)22-19(26)21(17)27(20,22)25-37-15(29(30,31)32)9-39(25)13-5-6-13/h7-9,11-13,17-22,36H,3-6,10H2,1-2H3,(H,34,38). The predicted molar refractivity (Wildman–Crippen MR) is 137 cm³/mol. The van der Waals surface area contributed by atoms with Crippen LogP contribution in [0.15, 0.2) is 35.7 Å². The first-order valence-corrected chi connectivity index (χ1v) is 14.7. The summed E-state index contributed by atoms with van der Waals surface area (Å²) in [5, 5.41) is 7.63. The molecule has 8 fully saturated rings. The second kappa shape index (κ2) is 6.90. The summed E-state index contributed by atoms with van der Waals surface area (Å²) < 4.78 is 54.2. The predicted octanol–water partition coefficient (Wildman–Crippen LogP) is 3.26. The van der Waals surface area contributed by atoms with Crippen molar-refractivity contribution in [2.75, 3.05) is 20.8 Å². The lowest BCUT2D eigenvalue weighted by molar-refractivity contribution is -0.628. The number of nitrogens with zero attached hydrogens (tertiary/aromatic N) is 5. The van der Waals surface area contributed by atoms with Crippen molar-refractivity contribution in [2.45, 2.75) is 49.0 Å². The van der Waals surface area contributed by atoms with Gasteiger partial charge < -0.3 is 19.4 Å². The van der Waals surface area contributed by atoms with Gasteiger partial charge in [-0.3, -0.25) is 5.32 Å². The molecule has 9 nitrogen and oxygen atoms in total. The Balaban J connectivity index is 0.927. The van der Waals surface area contributed by atoms with Crippen LogP contribution in [0.25, 0.3) is 0 Å². The number of rotatable bonds is 9. The molecule has 9 aliphatic rings. The highest BCUT2D eigenvalue weighted by Crippen LogP contribution is 3.09. The van der Waals surface area contributed by atoms with Gasteiger partial charge in [0, 0.05) is 36.3 Å². The first kappa shape index (κ1) is 23.4. The SMILES string of the molecule is COC1=CN=C(c2cncnc2OC)NC1(NCC12C3C4C1C1C2C3C41c1nc(C(F)(F)F)cn1C1CC1)C1CC1. The third-order valence-electron chi connectivity index (χ3n) is 12.4. The van der Waals surface area contributed by atoms with Gasteiger partial charge in [0.25, 0.3) is 0 Å². The van der Waals surface area contributed by atoms with E-state index in [2.05, 4.69) is 30.6 Å². The lowest BCUT2D eigenvalue weighted by Crippen LogP contribution is -3.12. The van der Waals surface area contributed by atoms with Crippen LogP contribution in [0.4, 0.5) is 13.2 Å². The number of imidazole rings is 1. The lowest BCUT2D eigenvalue weighted by Gasteiger charge is -3.11. The number of ether oxygens (including phenoxy) is 2. The third-order valence-corrected chi connectivity index (χ3v) is 12.4. The zero-order chi connectivity index (χ0) is 27.7. The van der Waals surface area contributed by atoms with Crippen LogP contribution >= 0.6 is 0 Å². The molecule has 41 heavy (non-hydrogen) atoms. The normalized spacial score (nSPS) is 43.6. The molecule has 0 radical (unpaired) electrons. The lowest BCUT2D eigenvalue weighted by atomic mass is 8.92. The van der Waals surface area contributed by atoms with Crippen LogP contribution in [0.1, 0.15) is 48.8 Å². The Morgan fingerprint density at radius 3 is 2.39 bits per heavy atom. The van der Waals surface area contributed by atoms with Gasteiger partial charge in [0.1, 0.15) is 18.0 Å². The smallest absolute Gasteiger partial charge is 0.434 e. The molecule has 2 aromatic heterocycles. The summed E-state index contributed by atoms with van der Waals surface area (Å²) in [6, 6.07) is 0.198. The molecular weight excluding hydrogens is 535 g/mol. The minimum absolute atomic E-state index is 0.0909. The molecule has 1 unspecified atom stereocenters. The van der Waals surface area contributed by atoms with E-state index >= 15 is 0 Å². The van der Waals surface area contributed by atoms with Crippen molar-refractivity contribution < 1.29 is 22.6 Å². The first-order chi connectivity index (χ1) is 19.8. The van der Waals surface area contributed by atoms with Crippen molar-refractivity contribution >= 4 is 5.84 Å². The maximum Gasteiger partial charge on any atom is 0.434 e. The van der Waals surface area contributed by atoms with Crippen LogP contribution in [0.2, 0.25) is 0 Å². The van der Waals surface area contributed by atoms with Gasteiger partial charge in [-0.25, -0.2) is 19.9 Å². The Labute approximate surface area is 234 Å². The van der Waals surface area contributed by atoms with Crippen molar-refractivity contribution in [2.24, 2.45) is 51.8 Å². The number of alkyl halides is 3. The third kappa shape index (κ3) is 2.32. The van der Waals surface area contributed by atoms with Gasteiger partial charge in [-0.1, -0.05) is 0 Å². The van der Waals surface area contributed by atoms with Gasteiger partial charge in [0.05, 0.1) is 26.0 Å². The molecule has 0 bridgehead atoms. The van der Waals surface area contributed by atoms with E-state index < -0.39 is 17.5 Å². The van der Waals surface area contributed by atoms with E-state index in [-0.39, 0.29) is 16.9 Å². The van der Waals surface area contributed by atoms with Gasteiger partial charge in [0.2, 0.25) is 5.88 Å². The number of hydrogen-bond donors (Lipinski definition) is 2. The van der Waals surface area contributed by atoms with Gasteiger partial charge in [-0.05, 0) is 66.6 Å². The zero-order valence-electron chi connectivity index (χ0n) is 22.7. The maximum absolute atomic E-state index is 13.6. The number of hydrogen-bond acceptors (Lipinski definition) is 8. The van der Waals surface area contributed by atoms with Crippen LogP contribution in [-0.2, 0) is 16.3 Å². The largest absolute Gasteiger partial charge is 0.495 e. The van der Waals surface area contributed by atoms with Gasteiger partial charge in [-0.15, -0.1) is 0 Å². The summed E-state index contributed by atoms with van der Waals surface area (Å²) >= 11 is 0. The van der Waals surface area contributed by atoms with Crippen LogP contribution in [0.5, 0.6) is 5.88 Å². The zero-order valence-corrected chi connectivity index (χ0v) is 22.7. The Hall–Kier alpha value is -3.15. The molecule has 214 valence electrons. The van der Waals surface area contributed by atoms with Crippen LogP contribution in [-0.4, -0.2) is 51.8 Å². The molecule has 8 aliphatic carbocycles. The fraction of sp³-hybridized carbons (Fsp3) is 0.655. The minimum atomic E-state index is -4.40. The van der Waals surface area contributed by atoms with E-state index in [1.807, 2.05) is 4.57 Å². The topological polar surface area (TPSA) is 98.5 Å². The summed E-state index contributed by atoms with van der Waals surface area (Å²) in [4.78, 5) is 17.4. The fourth-order valence-electron chi connectivity index (χ4n) is 10.9. The number of methoxy groups -OCH3 is 2. The van der Waals surface area contributed by atoms with Crippen molar-refractivity contribution in [1.82, 2.24) is 30.2 Å². The molecule has 0 aromatic carbocycles. The van der Waals surface area contributed by atoms with E-state index in [9.17, 15) is 13.2 Å². The highest BCUT2D eigenvalue weighted by molar-refractivity contribution is 6.02. The second-order valence-corrected chi connectivity index (χ2v) is 13.5. The van der Waals surface area contributed by atoms with Gasteiger partial charge in [-0.2, -0.15) is 13.2 Å². The average Bonchev–Trinajstić information content (AvgIpc) is 3.93. The average molecular weight is 566 g/mol. The molecule has 0 amide bonds. The monoisotopic (exact) mass is 565 g/mol. The molecule has 8 saturated carbocycles. The summed E-state index contributed by atoms with van der Waals surface area (Å²) in [6.07, 6.45) is 5.90. The number of aliphatic imine (C=N–C) groups is 1. The molecule has 0 saturated heterocycles. The van der Waals surface area contributed by atoms with E-state index in [1.165, 1.54) is 12.5 Å². The van der Waals surface area contributed by atoms with Crippen LogP contribution in [0.3, 0.4) is 0 Å². The number of nitrogens with one attached hydrogen (secondary N) is 2. The minimum Gasteiger partial charge on any atom is -0.495 e. The molecule has 12 heteroatoms. The van der Waals surface area contributed by atoms with Crippen LogP contribution < -0.4 is 15.4 Å². The Morgan fingerprint density at radius 1 is 1.05 bits per heavy atom. The second-order valence-electron chi connectivity index (χ2n) is 13.5. The Bertz CT molecular complexity index is 1540. The molecule has 0 spiro atoms. The number of amidine groups is 1. The molecule has 3 heterocycles. The fourth-order valence-corrected chi connectivity index (χ4v) is 10.9. The molecule has 2 N–H and O–H groups in total. The van der Waals surface area contributed by atoms with Crippen molar-refractivity contribution in [3.8, 4) is 5.88 Å². The molecular formula is C29H30F3N7O2. The highest BCUT2D eigenvalue weighted by atomic mass is 19.4.